The molecule has 0 bridgehead atoms. The number of aliphatic carboxylic acids is 1. The number of ether oxygens (including phenoxy) is 1. The van der Waals surface area contributed by atoms with Gasteiger partial charge >= 0.3 is 5.97 Å². The van der Waals surface area contributed by atoms with Gasteiger partial charge in [-0.2, -0.15) is 0 Å². The predicted molar refractivity (Wildman–Crippen MR) is 215 cm³/mol. The largest absolute Gasteiger partial charge is 0.481 e. The number of hydrogen-bond acceptors (Lipinski definition) is 11. The van der Waals surface area contributed by atoms with Gasteiger partial charge in [0.2, 0.25) is 5.88 Å². The summed E-state index contributed by atoms with van der Waals surface area (Å²) in [5.74, 6) is -0.861. The number of fused-ring (bicyclic) bond motifs is 1. The Bertz CT molecular complexity index is 2250. The van der Waals surface area contributed by atoms with Crippen molar-refractivity contribution in [2.45, 2.75) is 77.6 Å². The van der Waals surface area contributed by atoms with Crippen molar-refractivity contribution in [2.75, 3.05) is 32.6 Å². The number of carbonyl (C=O) groups is 1. The van der Waals surface area contributed by atoms with E-state index in [0.717, 1.165) is 54.6 Å². The zero-order valence-corrected chi connectivity index (χ0v) is 33.2. The van der Waals surface area contributed by atoms with Gasteiger partial charge in [0.15, 0.2) is 11.6 Å². The monoisotopic (exact) mass is 800 g/mol. The molecule has 0 radical (unpaired) electrons. The molecule has 0 unspecified atom stereocenters. The number of aliphatic hydroxyl groups is 1. The first-order valence-corrected chi connectivity index (χ1v) is 19.6. The average Bonchev–Trinajstić information content (AvgIpc) is 3.68. The fourth-order valence-corrected chi connectivity index (χ4v) is 8.39. The third-order valence-electron chi connectivity index (χ3n) is 11.4. The van der Waals surface area contributed by atoms with Crippen LogP contribution in [0.25, 0.3) is 33.4 Å². The van der Waals surface area contributed by atoms with E-state index in [1.54, 1.807) is 32.5 Å². The van der Waals surface area contributed by atoms with Crippen LogP contribution in [-0.2, 0) is 17.9 Å². The quantitative estimate of drug-likeness (QED) is 0.106. The number of hydrogen-bond donors (Lipinski definition) is 3. The second-order valence-electron chi connectivity index (χ2n) is 15.2. The lowest BCUT2D eigenvalue weighted by Gasteiger charge is -2.33. The van der Waals surface area contributed by atoms with E-state index in [0.29, 0.717) is 70.5 Å². The van der Waals surface area contributed by atoms with Crippen LogP contribution in [0, 0.1) is 18.8 Å². The number of likely N-dealkylation sites (tertiary alicyclic amines) is 1. The third kappa shape index (κ3) is 8.84. The fourth-order valence-electron chi connectivity index (χ4n) is 8.06. The second-order valence-corrected chi connectivity index (χ2v) is 15.6. The number of alkyl halides is 2. The number of anilines is 2. The number of benzene rings is 2. The molecule has 1 saturated heterocycles. The molecule has 3 N–H and O–H groups in total. The van der Waals surface area contributed by atoms with Gasteiger partial charge in [-0.25, -0.2) is 23.7 Å². The first-order valence-electron chi connectivity index (χ1n) is 19.2. The van der Waals surface area contributed by atoms with Gasteiger partial charge < -0.3 is 20.3 Å². The molecule has 2 aromatic carbocycles. The van der Waals surface area contributed by atoms with Gasteiger partial charge in [0.05, 0.1) is 41.6 Å². The van der Waals surface area contributed by atoms with Crippen molar-refractivity contribution in [1.29, 1.82) is 0 Å². The van der Waals surface area contributed by atoms with E-state index in [4.69, 9.17) is 26.3 Å². The summed E-state index contributed by atoms with van der Waals surface area (Å²) < 4.78 is 33.9. The Morgan fingerprint density at radius 1 is 1.04 bits per heavy atom. The Kier molecular flexibility index (Phi) is 12.2. The molecule has 5 aromatic rings. The minimum atomic E-state index is -2.89. The Balaban J connectivity index is 1.13. The molecule has 4 heterocycles. The minimum Gasteiger partial charge on any atom is -0.481 e. The maximum Gasteiger partial charge on any atom is 0.306 e. The summed E-state index contributed by atoms with van der Waals surface area (Å²) in [4.78, 5) is 38.4. The average molecular weight is 801 g/mol. The lowest BCUT2D eigenvalue weighted by Crippen LogP contribution is -2.36. The van der Waals surface area contributed by atoms with Gasteiger partial charge in [-0.3, -0.25) is 24.6 Å². The maximum absolute atomic E-state index is 14.1. The van der Waals surface area contributed by atoms with E-state index in [-0.39, 0.29) is 29.8 Å². The SMILES string of the molecule is COc1nc(-c2cccc(-c3cccc(Nc4nc(C(F)F)nc5cc(CN6CC[C@H]([C@@H](C)O)C6)cnc45)c3C)c2Cl)cnc1CN(C)C1CCC(C(=O)O)CC1. The number of aromatic nitrogens is 5. The lowest BCUT2D eigenvalue weighted by molar-refractivity contribution is -0.143. The van der Waals surface area contributed by atoms with Gasteiger partial charge in [-0.15, -0.1) is 0 Å². The van der Waals surface area contributed by atoms with Gasteiger partial charge in [0, 0.05) is 48.7 Å². The Morgan fingerprint density at radius 3 is 2.47 bits per heavy atom. The molecule has 2 aliphatic rings. The van der Waals surface area contributed by atoms with Gasteiger partial charge in [0.1, 0.15) is 11.2 Å². The van der Waals surface area contributed by atoms with E-state index in [2.05, 4.69) is 30.1 Å². The molecule has 57 heavy (non-hydrogen) atoms. The van der Waals surface area contributed by atoms with E-state index in [9.17, 15) is 23.8 Å². The summed E-state index contributed by atoms with van der Waals surface area (Å²) in [6.07, 6.45) is 3.93. The van der Waals surface area contributed by atoms with Crippen LogP contribution in [0.2, 0.25) is 5.02 Å². The van der Waals surface area contributed by atoms with Crippen LogP contribution in [0.1, 0.15) is 68.1 Å². The molecule has 0 amide bonds. The number of halogens is 3. The lowest BCUT2D eigenvalue weighted by atomic mass is 9.85. The van der Waals surface area contributed by atoms with Crippen molar-refractivity contribution in [3.63, 3.8) is 0 Å². The van der Waals surface area contributed by atoms with Crippen LogP contribution in [0.5, 0.6) is 5.88 Å². The van der Waals surface area contributed by atoms with E-state index in [1.165, 1.54) is 0 Å². The molecule has 12 nitrogen and oxygen atoms in total. The normalized spacial score (nSPS) is 19.4. The molecule has 1 aliphatic heterocycles. The first-order chi connectivity index (χ1) is 27.4. The van der Waals surface area contributed by atoms with Crippen LogP contribution >= 0.6 is 11.6 Å². The van der Waals surface area contributed by atoms with Gasteiger partial charge in [-0.1, -0.05) is 41.9 Å². The summed E-state index contributed by atoms with van der Waals surface area (Å²) >= 11 is 7.14. The molecule has 2 fully saturated rings. The minimum absolute atomic E-state index is 0.165. The van der Waals surface area contributed by atoms with Gasteiger partial charge in [-0.05, 0) is 94.3 Å². The molecule has 2 atom stereocenters. The third-order valence-corrected chi connectivity index (χ3v) is 11.8. The molecular formula is C42H47ClF2N8O4. The number of rotatable bonds is 13. The van der Waals surface area contributed by atoms with Crippen molar-refractivity contribution in [1.82, 2.24) is 34.7 Å². The highest BCUT2D eigenvalue weighted by molar-refractivity contribution is 6.36. The zero-order chi connectivity index (χ0) is 40.4. The highest BCUT2D eigenvalue weighted by atomic mass is 35.5. The Morgan fingerprint density at radius 2 is 1.77 bits per heavy atom. The topological polar surface area (TPSA) is 150 Å². The van der Waals surface area contributed by atoms with Crippen LogP contribution in [0.3, 0.4) is 0 Å². The van der Waals surface area contributed by atoms with E-state index >= 15 is 0 Å². The number of carboxylic acid groups (broad SMARTS) is 1. The summed E-state index contributed by atoms with van der Waals surface area (Å²) in [7, 11) is 3.56. The molecule has 15 heteroatoms. The molecule has 3 aromatic heterocycles. The summed E-state index contributed by atoms with van der Waals surface area (Å²) in [6.45, 7) is 6.38. The second kappa shape index (κ2) is 17.3. The maximum atomic E-state index is 14.1. The molecule has 0 spiro atoms. The number of nitrogens with one attached hydrogen (secondary N) is 1. The van der Waals surface area contributed by atoms with E-state index < -0.39 is 18.2 Å². The van der Waals surface area contributed by atoms with E-state index in [1.807, 2.05) is 50.4 Å². The van der Waals surface area contributed by atoms with Crippen LogP contribution in [0.15, 0.2) is 54.9 Å². The molecule has 7 rings (SSSR count). The number of carboxylic acids is 1. The molecule has 1 aliphatic carbocycles. The Hall–Kier alpha value is -4.89. The summed E-state index contributed by atoms with van der Waals surface area (Å²) in [5.41, 5.74) is 6.36. The zero-order valence-electron chi connectivity index (χ0n) is 32.4. The fraction of sp³-hybridized carbons (Fsp3) is 0.429. The molecular weight excluding hydrogens is 754 g/mol. The smallest absolute Gasteiger partial charge is 0.306 e. The summed E-state index contributed by atoms with van der Waals surface area (Å²) in [6, 6.07) is 13.3. The highest BCUT2D eigenvalue weighted by Gasteiger charge is 2.29. The Labute approximate surface area is 335 Å². The highest BCUT2D eigenvalue weighted by Crippen LogP contribution is 2.40. The predicted octanol–water partition coefficient (Wildman–Crippen LogP) is 8.08. The van der Waals surface area contributed by atoms with Crippen molar-refractivity contribution in [3.8, 4) is 28.3 Å². The first kappa shape index (κ1) is 40.3. The van der Waals surface area contributed by atoms with Crippen molar-refractivity contribution in [2.24, 2.45) is 11.8 Å². The van der Waals surface area contributed by atoms with Gasteiger partial charge in [0.25, 0.3) is 6.43 Å². The number of aliphatic hydroxyl groups excluding tert-OH is 1. The van der Waals surface area contributed by atoms with Crippen molar-refractivity contribution >= 4 is 40.1 Å². The standard InChI is InChI=1S/C42H47ClF2N8O4/c1-23-29(30-8-5-9-31(36(30)43)34-19-46-35(41(50-34)57-4)22-52(3)28-13-11-26(12-14-28)42(55)56)7-6-10-32(23)48-39-37-33(49-40(51-39)38(44)45)17-25(18-47-37)20-53-16-15-27(21-53)24(2)54/h5-10,17-19,24,26-28,38,54H,11-16,20-22H2,1-4H3,(H,55,56)(H,48,49,51)/t24-,26?,27+,28?/m1/s1. The van der Waals surface area contributed by atoms with Crippen LogP contribution in [-0.4, -0.2) is 90.3 Å². The molecule has 300 valence electrons. The van der Waals surface area contributed by atoms with Crippen LogP contribution < -0.4 is 10.1 Å². The summed E-state index contributed by atoms with van der Waals surface area (Å²) in [5, 5.41) is 23.1. The van der Waals surface area contributed by atoms with Crippen LogP contribution in [0.4, 0.5) is 20.3 Å². The number of nitrogens with zero attached hydrogens (tertiary/aromatic N) is 7. The van der Waals surface area contributed by atoms with Crippen molar-refractivity contribution < 1.29 is 28.5 Å². The number of pyridine rings is 1. The van der Waals surface area contributed by atoms with Crippen molar-refractivity contribution in [3.05, 3.63) is 82.5 Å². The molecule has 1 saturated carbocycles. The number of methoxy groups -OCH3 is 1.